The van der Waals surface area contributed by atoms with Gasteiger partial charge in [0.2, 0.25) is 0 Å². The van der Waals surface area contributed by atoms with Crippen LogP contribution < -0.4 is 10.6 Å². The maximum atomic E-state index is 12.0. The van der Waals surface area contributed by atoms with Crippen molar-refractivity contribution in [2.75, 3.05) is 5.32 Å². The molecule has 118 valence electrons. The zero-order valence-corrected chi connectivity index (χ0v) is 14.0. The Bertz CT molecular complexity index is 597. The first-order valence-corrected chi connectivity index (χ1v) is 7.67. The van der Waals surface area contributed by atoms with E-state index in [0.717, 1.165) is 23.2 Å². The van der Waals surface area contributed by atoms with Gasteiger partial charge in [0.1, 0.15) is 11.6 Å². The Morgan fingerprint density at radius 3 is 2.59 bits per heavy atom. The minimum atomic E-state index is -0.343. The molecule has 1 aromatic carbocycles. The first-order valence-electron chi connectivity index (χ1n) is 7.67. The van der Waals surface area contributed by atoms with Gasteiger partial charge in [-0.05, 0) is 37.3 Å². The second kappa shape index (κ2) is 8.23. The Hall–Kier alpha value is -2.28. The topological polar surface area (TPSA) is 64.9 Å². The van der Waals surface area contributed by atoms with Gasteiger partial charge in [-0.1, -0.05) is 39.0 Å². The van der Waals surface area contributed by atoms with E-state index in [1.54, 1.807) is 0 Å². The highest BCUT2D eigenvalue weighted by Crippen LogP contribution is 2.27. The van der Waals surface area contributed by atoms with Crippen molar-refractivity contribution in [3.63, 3.8) is 0 Å². The van der Waals surface area contributed by atoms with Crippen LogP contribution >= 0.6 is 0 Å². The van der Waals surface area contributed by atoms with Gasteiger partial charge in [0.25, 0.3) is 5.91 Å². The summed E-state index contributed by atoms with van der Waals surface area (Å²) in [5.41, 5.74) is 3.29. The van der Waals surface area contributed by atoms with Gasteiger partial charge in [-0.2, -0.15) is 5.26 Å². The highest BCUT2D eigenvalue weighted by atomic mass is 16.1. The second-order valence-electron chi connectivity index (χ2n) is 5.79. The van der Waals surface area contributed by atoms with Gasteiger partial charge in [0.15, 0.2) is 0 Å². The van der Waals surface area contributed by atoms with E-state index in [0.29, 0.717) is 5.92 Å². The molecule has 0 saturated carbocycles. The third-order valence-corrected chi connectivity index (χ3v) is 3.64. The summed E-state index contributed by atoms with van der Waals surface area (Å²) in [5.74, 6) is 0.0132. The molecule has 4 heteroatoms. The molecule has 0 aliphatic carbocycles. The van der Waals surface area contributed by atoms with Crippen molar-refractivity contribution in [1.29, 1.82) is 5.26 Å². The molecular weight excluding hydrogens is 274 g/mol. The molecule has 4 nitrogen and oxygen atoms in total. The summed E-state index contributed by atoms with van der Waals surface area (Å²) < 4.78 is 0. The maximum Gasteiger partial charge on any atom is 0.263 e. The molecule has 0 heterocycles. The number of nitrogens with one attached hydrogen (secondary N) is 2. The summed E-state index contributed by atoms with van der Waals surface area (Å²) in [6.45, 7) is 10.1. The van der Waals surface area contributed by atoms with Crippen molar-refractivity contribution in [3.05, 3.63) is 41.1 Å². The van der Waals surface area contributed by atoms with E-state index in [2.05, 4.69) is 30.5 Å². The van der Waals surface area contributed by atoms with Gasteiger partial charge in [-0.3, -0.25) is 4.79 Å². The number of anilines is 1. The van der Waals surface area contributed by atoms with Crippen LogP contribution in [0.25, 0.3) is 0 Å². The van der Waals surface area contributed by atoms with Crippen LogP contribution in [-0.4, -0.2) is 11.9 Å². The molecule has 0 aliphatic rings. The normalized spacial score (nSPS) is 12.7. The number of carbonyl (C=O) groups is 1. The van der Waals surface area contributed by atoms with Crippen LogP contribution in [0.2, 0.25) is 0 Å². The SMILES string of the molecule is CCC(C)NC(=O)/C(C#N)=C\Nc1c(C)cccc1C(C)C. The molecule has 0 saturated heterocycles. The molecule has 1 amide bonds. The molecule has 1 atom stereocenters. The monoisotopic (exact) mass is 299 g/mol. The minimum absolute atomic E-state index is 0.0499. The van der Waals surface area contributed by atoms with Crippen LogP contribution in [0.5, 0.6) is 0 Å². The number of benzene rings is 1. The van der Waals surface area contributed by atoms with Crippen LogP contribution in [0.1, 0.15) is 51.2 Å². The zero-order valence-electron chi connectivity index (χ0n) is 14.0. The number of hydrogen-bond acceptors (Lipinski definition) is 3. The lowest BCUT2D eigenvalue weighted by Crippen LogP contribution is -2.33. The molecule has 0 fully saturated rings. The van der Waals surface area contributed by atoms with E-state index in [1.807, 2.05) is 39.0 Å². The first kappa shape index (κ1) is 17.8. The van der Waals surface area contributed by atoms with Crippen molar-refractivity contribution in [1.82, 2.24) is 5.32 Å². The Morgan fingerprint density at radius 2 is 2.05 bits per heavy atom. The molecule has 0 spiro atoms. The van der Waals surface area contributed by atoms with E-state index in [-0.39, 0.29) is 17.5 Å². The average molecular weight is 299 g/mol. The molecule has 0 aliphatic heterocycles. The van der Waals surface area contributed by atoms with Crippen molar-refractivity contribution in [2.24, 2.45) is 0 Å². The first-order chi connectivity index (χ1) is 10.4. The molecule has 22 heavy (non-hydrogen) atoms. The summed E-state index contributed by atoms with van der Waals surface area (Å²) in [4.78, 5) is 12.0. The summed E-state index contributed by atoms with van der Waals surface area (Å²) in [6, 6.07) is 8.08. The van der Waals surface area contributed by atoms with Crippen molar-refractivity contribution in [3.8, 4) is 6.07 Å². The third kappa shape index (κ3) is 4.63. The van der Waals surface area contributed by atoms with E-state index < -0.39 is 0 Å². The highest BCUT2D eigenvalue weighted by Gasteiger charge is 2.12. The Balaban J connectivity index is 2.99. The summed E-state index contributed by atoms with van der Waals surface area (Å²) in [5, 5.41) is 15.1. The van der Waals surface area contributed by atoms with Crippen LogP contribution in [0, 0.1) is 18.3 Å². The summed E-state index contributed by atoms with van der Waals surface area (Å²) in [6.07, 6.45) is 2.32. The van der Waals surface area contributed by atoms with E-state index in [9.17, 15) is 10.1 Å². The van der Waals surface area contributed by atoms with Gasteiger partial charge in [-0.25, -0.2) is 0 Å². The van der Waals surface area contributed by atoms with E-state index in [1.165, 1.54) is 6.20 Å². The fourth-order valence-electron chi connectivity index (χ4n) is 2.07. The van der Waals surface area contributed by atoms with Gasteiger partial charge in [-0.15, -0.1) is 0 Å². The molecule has 1 unspecified atom stereocenters. The van der Waals surface area contributed by atoms with Gasteiger partial charge < -0.3 is 10.6 Å². The van der Waals surface area contributed by atoms with Crippen LogP contribution in [-0.2, 0) is 4.79 Å². The third-order valence-electron chi connectivity index (χ3n) is 3.64. The molecule has 1 rings (SSSR count). The number of para-hydroxylation sites is 1. The lowest BCUT2D eigenvalue weighted by Gasteiger charge is -2.16. The van der Waals surface area contributed by atoms with Crippen LogP contribution in [0.3, 0.4) is 0 Å². The molecule has 1 aromatic rings. The minimum Gasteiger partial charge on any atom is -0.360 e. The van der Waals surface area contributed by atoms with Gasteiger partial charge >= 0.3 is 0 Å². The maximum absolute atomic E-state index is 12.0. The fraction of sp³-hybridized carbons (Fsp3) is 0.444. The van der Waals surface area contributed by atoms with Gasteiger partial charge in [0.05, 0.1) is 0 Å². The number of rotatable bonds is 6. The Kier molecular flexibility index (Phi) is 6.65. The predicted octanol–water partition coefficient (Wildman–Crippen LogP) is 3.85. The Morgan fingerprint density at radius 1 is 1.36 bits per heavy atom. The van der Waals surface area contributed by atoms with Crippen LogP contribution in [0.4, 0.5) is 5.69 Å². The Labute approximate surface area is 133 Å². The lowest BCUT2D eigenvalue weighted by molar-refractivity contribution is -0.117. The average Bonchev–Trinajstić information content (AvgIpc) is 2.48. The van der Waals surface area contributed by atoms with E-state index in [4.69, 9.17) is 0 Å². The number of hydrogen-bond donors (Lipinski definition) is 2. The van der Waals surface area contributed by atoms with E-state index >= 15 is 0 Å². The number of nitrogens with zero attached hydrogens (tertiary/aromatic N) is 1. The second-order valence-corrected chi connectivity index (χ2v) is 5.79. The smallest absolute Gasteiger partial charge is 0.263 e. The number of nitriles is 1. The zero-order chi connectivity index (χ0) is 16.7. The molecular formula is C18H25N3O. The fourth-order valence-corrected chi connectivity index (χ4v) is 2.07. The number of amides is 1. The molecule has 0 bridgehead atoms. The quantitative estimate of drug-likeness (QED) is 0.619. The lowest BCUT2D eigenvalue weighted by atomic mass is 9.98. The number of carbonyl (C=O) groups excluding carboxylic acids is 1. The molecule has 0 aromatic heterocycles. The standard InChI is InChI=1S/C18H25N3O/c1-6-14(5)21-18(22)15(10-19)11-20-17-13(4)8-7-9-16(17)12(2)3/h7-9,11-12,14,20H,6H2,1-5H3,(H,21,22)/b15-11-. The largest absolute Gasteiger partial charge is 0.360 e. The van der Waals surface area contributed by atoms with Crippen molar-refractivity contribution >= 4 is 11.6 Å². The summed E-state index contributed by atoms with van der Waals surface area (Å²) in [7, 11) is 0. The van der Waals surface area contributed by atoms with Crippen LogP contribution in [0.15, 0.2) is 30.0 Å². The summed E-state index contributed by atoms with van der Waals surface area (Å²) >= 11 is 0. The molecule has 2 N–H and O–H groups in total. The molecule has 0 radical (unpaired) electrons. The number of aryl methyl sites for hydroxylation is 1. The van der Waals surface area contributed by atoms with Crippen molar-refractivity contribution in [2.45, 2.75) is 53.0 Å². The van der Waals surface area contributed by atoms with Crippen molar-refractivity contribution < 1.29 is 4.79 Å². The highest BCUT2D eigenvalue weighted by molar-refractivity contribution is 5.97. The van der Waals surface area contributed by atoms with Gasteiger partial charge in [0, 0.05) is 17.9 Å². The predicted molar refractivity (Wildman–Crippen MR) is 90.5 cm³/mol.